The Bertz CT molecular complexity index is 768. The molecule has 0 aliphatic carbocycles. The highest BCUT2D eigenvalue weighted by atomic mass is 15.3. The van der Waals surface area contributed by atoms with Crippen molar-refractivity contribution in [3.8, 4) is 0 Å². The molecule has 0 fully saturated rings. The van der Waals surface area contributed by atoms with Gasteiger partial charge in [-0.2, -0.15) is 5.10 Å². The molecule has 1 N–H and O–H groups in total. The maximum atomic E-state index is 4.72. The van der Waals surface area contributed by atoms with Crippen LogP contribution >= 0.6 is 0 Å². The van der Waals surface area contributed by atoms with Crippen molar-refractivity contribution in [2.24, 2.45) is 19.1 Å². The van der Waals surface area contributed by atoms with Gasteiger partial charge in [0.25, 0.3) is 0 Å². The molecule has 0 aliphatic heterocycles. The van der Waals surface area contributed by atoms with Crippen molar-refractivity contribution in [2.45, 2.75) is 39.8 Å². The zero-order chi connectivity index (χ0) is 19.3. The van der Waals surface area contributed by atoms with Gasteiger partial charge in [-0.25, -0.2) is 4.99 Å². The minimum Gasteiger partial charge on any atom is -0.353 e. The minimum absolute atomic E-state index is 0.378. The summed E-state index contributed by atoms with van der Waals surface area (Å²) in [6, 6.07) is 0. The molecule has 0 bridgehead atoms. The Balaban J connectivity index is 2.18. The van der Waals surface area contributed by atoms with E-state index >= 15 is 0 Å². The molecule has 0 aromatic carbocycles. The molecule has 2 aromatic rings. The fourth-order valence-electron chi connectivity index (χ4n) is 2.70. The van der Waals surface area contributed by atoms with Gasteiger partial charge in [-0.3, -0.25) is 4.68 Å². The molecule has 26 heavy (non-hydrogen) atoms. The van der Waals surface area contributed by atoms with Crippen LogP contribution in [0.25, 0.3) is 0 Å². The van der Waals surface area contributed by atoms with E-state index in [2.05, 4.69) is 52.1 Å². The van der Waals surface area contributed by atoms with Gasteiger partial charge in [0.05, 0.1) is 5.69 Å². The molecule has 0 aliphatic rings. The molecule has 0 spiro atoms. The molecule has 0 amide bonds. The smallest absolute Gasteiger partial charge is 0.194 e. The van der Waals surface area contributed by atoms with Crippen molar-refractivity contribution >= 4 is 5.96 Å². The Morgan fingerprint density at radius 3 is 2.69 bits per heavy atom. The number of aliphatic imine (C=N–C) groups is 1. The highest BCUT2D eigenvalue weighted by molar-refractivity contribution is 5.79. The van der Waals surface area contributed by atoms with Crippen LogP contribution in [0.4, 0.5) is 0 Å². The van der Waals surface area contributed by atoms with Gasteiger partial charge in [0, 0.05) is 46.0 Å². The Hall–Kier alpha value is -2.64. The van der Waals surface area contributed by atoms with Gasteiger partial charge in [-0.15, -0.1) is 16.8 Å². The van der Waals surface area contributed by atoms with E-state index < -0.39 is 0 Å². The normalized spacial score (nSPS) is 11.9. The summed E-state index contributed by atoms with van der Waals surface area (Å²) in [6.07, 6.45) is 3.89. The summed E-state index contributed by atoms with van der Waals surface area (Å²) in [4.78, 5) is 6.81. The van der Waals surface area contributed by atoms with Crippen LogP contribution in [0.5, 0.6) is 0 Å². The lowest BCUT2D eigenvalue weighted by molar-refractivity contribution is 0.474. The van der Waals surface area contributed by atoms with E-state index in [9.17, 15) is 0 Å². The zero-order valence-electron chi connectivity index (χ0n) is 16.7. The molecule has 8 heteroatoms. The van der Waals surface area contributed by atoms with E-state index in [0.29, 0.717) is 19.0 Å². The second-order valence-corrected chi connectivity index (χ2v) is 6.76. The lowest BCUT2D eigenvalue weighted by Gasteiger charge is -2.22. The number of nitrogens with zero attached hydrogens (tertiary/aromatic N) is 7. The lowest BCUT2D eigenvalue weighted by Crippen LogP contribution is -2.38. The van der Waals surface area contributed by atoms with Crippen LogP contribution in [0.2, 0.25) is 0 Å². The second-order valence-electron chi connectivity index (χ2n) is 6.76. The number of hydrogen-bond acceptors (Lipinski definition) is 4. The van der Waals surface area contributed by atoms with Crippen molar-refractivity contribution in [1.29, 1.82) is 0 Å². The summed E-state index contributed by atoms with van der Waals surface area (Å²) in [7, 11) is 5.93. The molecule has 142 valence electrons. The first kappa shape index (κ1) is 19.7. The predicted molar refractivity (Wildman–Crippen MR) is 104 cm³/mol. The predicted octanol–water partition coefficient (Wildman–Crippen LogP) is 1.74. The van der Waals surface area contributed by atoms with E-state index in [1.54, 1.807) is 0 Å². The number of hydrogen-bond donors (Lipinski definition) is 1. The average Bonchev–Trinajstić information content (AvgIpc) is 3.11. The maximum Gasteiger partial charge on any atom is 0.194 e. The van der Waals surface area contributed by atoms with Crippen LogP contribution in [0, 0.1) is 6.92 Å². The zero-order valence-corrected chi connectivity index (χ0v) is 16.7. The number of nitrogens with one attached hydrogen (secondary N) is 1. The summed E-state index contributed by atoms with van der Waals surface area (Å²) in [5.41, 5.74) is 2.32. The summed E-state index contributed by atoms with van der Waals surface area (Å²) in [5, 5.41) is 16.2. The molecule has 0 saturated carbocycles. The molecule has 0 saturated heterocycles. The maximum absolute atomic E-state index is 4.72. The summed E-state index contributed by atoms with van der Waals surface area (Å²) < 4.78 is 3.82. The standard InChI is InChI=1S/C18H30N8/c1-8-9-19-18(20-10-16-22-21-14(4)26(16)7)24(5)11-15-12-25(6)23-17(15)13(2)3/h8,12-13H,1,9-11H2,2-7H3,(H,19,20). The third-order valence-corrected chi connectivity index (χ3v) is 4.21. The van der Waals surface area contributed by atoms with Gasteiger partial charge < -0.3 is 14.8 Å². The van der Waals surface area contributed by atoms with E-state index in [1.807, 2.05) is 43.4 Å². The van der Waals surface area contributed by atoms with Crippen LogP contribution in [0.1, 0.15) is 42.7 Å². The average molecular weight is 358 g/mol. The van der Waals surface area contributed by atoms with Crippen molar-refractivity contribution < 1.29 is 0 Å². The van der Waals surface area contributed by atoms with Crippen LogP contribution < -0.4 is 5.32 Å². The van der Waals surface area contributed by atoms with E-state index in [4.69, 9.17) is 4.99 Å². The highest BCUT2D eigenvalue weighted by Gasteiger charge is 2.15. The largest absolute Gasteiger partial charge is 0.353 e. The Kier molecular flexibility index (Phi) is 6.54. The Morgan fingerprint density at radius 1 is 1.38 bits per heavy atom. The molecule has 0 unspecified atom stereocenters. The van der Waals surface area contributed by atoms with Gasteiger partial charge >= 0.3 is 0 Å². The van der Waals surface area contributed by atoms with E-state index in [1.165, 1.54) is 5.56 Å². The second kappa shape index (κ2) is 8.64. The molecule has 2 rings (SSSR count). The number of aryl methyl sites for hydroxylation is 2. The van der Waals surface area contributed by atoms with Gasteiger partial charge in [0.15, 0.2) is 11.8 Å². The van der Waals surface area contributed by atoms with Crippen LogP contribution in [-0.2, 0) is 27.2 Å². The van der Waals surface area contributed by atoms with Crippen molar-refractivity contribution in [3.05, 3.63) is 41.8 Å². The fourth-order valence-corrected chi connectivity index (χ4v) is 2.70. The number of rotatable bonds is 7. The van der Waals surface area contributed by atoms with Crippen LogP contribution in [0.15, 0.2) is 23.8 Å². The SMILES string of the molecule is C=CCNC(=NCc1nnc(C)n1C)N(C)Cc1cn(C)nc1C(C)C. The summed E-state index contributed by atoms with van der Waals surface area (Å²) >= 11 is 0. The molecule has 8 nitrogen and oxygen atoms in total. The highest BCUT2D eigenvalue weighted by Crippen LogP contribution is 2.18. The van der Waals surface area contributed by atoms with Crippen molar-refractivity contribution in [3.63, 3.8) is 0 Å². The Labute approximate surface area is 155 Å². The van der Waals surface area contributed by atoms with Gasteiger partial charge in [-0.1, -0.05) is 19.9 Å². The fraction of sp³-hybridized carbons (Fsp3) is 0.556. The molecule has 0 atom stereocenters. The molecular formula is C18H30N8. The summed E-state index contributed by atoms with van der Waals surface area (Å²) in [6.45, 7) is 11.9. The van der Waals surface area contributed by atoms with Crippen molar-refractivity contribution in [2.75, 3.05) is 13.6 Å². The third kappa shape index (κ3) is 4.71. The van der Waals surface area contributed by atoms with Crippen molar-refractivity contribution in [1.82, 2.24) is 34.8 Å². The minimum atomic E-state index is 0.378. The van der Waals surface area contributed by atoms with Crippen LogP contribution in [0.3, 0.4) is 0 Å². The quantitative estimate of drug-likeness (QED) is 0.463. The van der Waals surface area contributed by atoms with Gasteiger partial charge in [0.2, 0.25) is 0 Å². The molecule has 0 radical (unpaired) electrons. The van der Waals surface area contributed by atoms with Gasteiger partial charge in [-0.05, 0) is 12.8 Å². The molecule has 2 heterocycles. The van der Waals surface area contributed by atoms with Gasteiger partial charge in [0.1, 0.15) is 12.4 Å². The lowest BCUT2D eigenvalue weighted by atomic mass is 10.1. The van der Waals surface area contributed by atoms with E-state index in [0.717, 1.165) is 29.8 Å². The number of aromatic nitrogens is 5. The monoisotopic (exact) mass is 358 g/mol. The third-order valence-electron chi connectivity index (χ3n) is 4.21. The first-order valence-electron chi connectivity index (χ1n) is 8.81. The molecular weight excluding hydrogens is 328 g/mol. The topological polar surface area (TPSA) is 76.2 Å². The summed E-state index contributed by atoms with van der Waals surface area (Å²) in [5.74, 6) is 2.88. The van der Waals surface area contributed by atoms with Crippen LogP contribution in [-0.4, -0.2) is 49.0 Å². The van der Waals surface area contributed by atoms with E-state index in [-0.39, 0.29) is 0 Å². The first-order chi connectivity index (χ1) is 12.3. The number of guanidine groups is 1. The molecule has 2 aromatic heterocycles. The Morgan fingerprint density at radius 2 is 2.12 bits per heavy atom. The first-order valence-corrected chi connectivity index (χ1v) is 8.81.